The number of thioether (sulfide) groups is 1. The maximum absolute atomic E-state index is 12.1. The summed E-state index contributed by atoms with van der Waals surface area (Å²) in [5.74, 6) is 1.52. The van der Waals surface area contributed by atoms with Crippen LogP contribution in [-0.4, -0.2) is 9.97 Å². The molecule has 0 aliphatic heterocycles. The largest absolute Gasteiger partial charge is 0.309 e. The zero-order chi connectivity index (χ0) is 15.5. The number of fused-ring (bicyclic) bond motifs is 1. The second-order valence-corrected chi connectivity index (χ2v) is 6.82. The molecule has 5 heteroatoms. The van der Waals surface area contributed by atoms with Crippen molar-refractivity contribution in [1.29, 1.82) is 0 Å². The molecule has 1 aromatic heterocycles. The van der Waals surface area contributed by atoms with Crippen molar-refractivity contribution in [2.24, 2.45) is 0 Å². The smallest absolute Gasteiger partial charge is 0.258 e. The van der Waals surface area contributed by atoms with E-state index in [1.807, 2.05) is 49.4 Å². The van der Waals surface area contributed by atoms with E-state index in [1.165, 1.54) is 0 Å². The molecule has 0 saturated heterocycles. The van der Waals surface area contributed by atoms with Crippen LogP contribution in [0.3, 0.4) is 0 Å². The maximum Gasteiger partial charge on any atom is 0.258 e. The van der Waals surface area contributed by atoms with Crippen molar-refractivity contribution in [1.82, 2.24) is 9.97 Å². The predicted molar refractivity (Wildman–Crippen MR) is 93.5 cm³/mol. The first-order chi connectivity index (χ1) is 10.6. The SMILES string of the molecule is CC(SCc1cccc(Cl)c1)c1nc2ccccc2c(=O)[nH]1. The summed E-state index contributed by atoms with van der Waals surface area (Å²) in [5, 5.41) is 1.46. The minimum Gasteiger partial charge on any atom is -0.309 e. The van der Waals surface area contributed by atoms with Gasteiger partial charge in [-0.1, -0.05) is 35.9 Å². The quantitative estimate of drug-likeness (QED) is 0.762. The van der Waals surface area contributed by atoms with Crippen LogP contribution in [-0.2, 0) is 5.75 Å². The summed E-state index contributed by atoms with van der Waals surface area (Å²) in [6, 6.07) is 15.2. The van der Waals surface area contributed by atoms with Gasteiger partial charge in [0.05, 0.1) is 16.2 Å². The molecule has 1 atom stereocenters. The van der Waals surface area contributed by atoms with Crippen molar-refractivity contribution in [3.63, 3.8) is 0 Å². The topological polar surface area (TPSA) is 45.8 Å². The Morgan fingerprint density at radius 2 is 2.05 bits per heavy atom. The summed E-state index contributed by atoms with van der Waals surface area (Å²) >= 11 is 7.71. The Morgan fingerprint density at radius 3 is 2.86 bits per heavy atom. The number of H-pyrrole nitrogens is 1. The van der Waals surface area contributed by atoms with Gasteiger partial charge in [-0.15, -0.1) is 11.8 Å². The molecular weight excluding hydrogens is 316 g/mol. The molecule has 1 unspecified atom stereocenters. The molecule has 1 N–H and O–H groups in total. The van der Waals surface area contributed by atoms with Gasteiger partial charge in [-0.05, 0) is 36.8 Å². The van der Waals surface area contributed by atoms with Crippen LogP contribution < -0.4 is 5.56 Å². The summed E-state index contributed by atoms with van der Waals surface area (Å²) in [5.41, 5.74) is 1.81. The van der Waals surface area contributed by atoms with Gasteiger partial charge in [0.1, 0.15) is 5.82 Å². The lowest BCUT2D eigenvalue weighted by molar-refractivity contribution is 0.922. The Bertz CT molecular complexity index is 862. The standard InChI is InChI=1S/C17H15ClN2OS/c1-11(22-10-12-5-4-6-13(18)9-12)16-19-15-8-3-2-7-14(15)17(21)20-16/h2-9,11H,10H2,1H3,(H,19,20,21). The predicted octanol–water partition coefficient (Wildman–Crippen LogP) is 4.57. The highest BCUT2D eigenvalue weighted by Crippen LogP contribution is 2.29. The zero-order valence-electron chi connectivity index (χ0n) is 12.0. The van der Waals surface area contributed by atoms with E-state index < -0.39 is 0 Å². The highest BCUT2D eigenvalue weighted by molar-refractivity contribution is 7.98. The second-order valence-electron chi connectivity index (χ2n) is 5.05. The zero-order valence-corrected chi connectivity index (χ0v) is 13.6. The van der Waals surface area contributed by atoms with E-state index in [-0.39, 0.29) is 10.8 Å². The number of rotatable bonds is 4. The van der Waals surface area contributed by atoms with E-state index >= 15 is 0 Å². The van der Waals surface area contributed by atoms with E-state index in [0.717, 1.165) is 21.9 Å². The minimum atomic E-state index is -0.0872. The Balaban J connectivity index is 1.80. The van der Waals surface area contributed by atoms with Gasteiger partial charge < -0.3 is 4.98 Å². The van der Waals surface area contributed by atoms with Crippen molar-refractivity contribution in [3.05, 3.63) is 75.3 Å². The molecule has 2 aromatic carbocycles. The van der Waals surface area contributed by atoms with Crippen molar-refractivity contribution in [3.8, 4) is 0 Å². The lowest BCUT2D eigenvalue weighted by Crippen LogP contribution is -2.12. The molecule has 0 aliphatic carbocycles. The Hall–Kier alpha value is -1.78. The first-order valence-corrected chi connectivity index (χ1v) is 8.41. The third kappa shape index (κ3) is 3.34. The van der Waals surface area contributed by atoms with Crippen molar-refractivity contribution < 1.29 is 0 Å². The number of nitrogens with one attached hydrogen (secondary N) is 1. The minimum absolute atomic E-state index is 0.0872. The van der Waals surface area contributed by atoms with E-state index in [0.29, 0.717) is 11.2 Å². The molecule has 0 bridgehead atoms. The molecule has 22 heavy (non-hydrogen) atoms. The van der Waals surface area contributed by atoms with Gasteiger partial charge in [-0.2, -0.15) is 0 Å². The summed E-state index contributed by atoms with van der Waals surface area (Å²) in [6.45, 7) is 2.04. The molecule has 3 aromatic rings. The van der Waals surface area contributed by atoms with Crippen molar-refractivity contribution >= 4 is 34.3 Å². The number of benzene rings is 2. The van der Waals surface area contributed by atoms with Crippen LogP contribution in [0.2, 0.25) is 5.02 Å². The van der Waals surface area contributed by atoms with Gasteiger partial charge in [0, 0.05) is 10.8 Å². The third-order valence-corrected chi connectivity index (χ3v) is 4.86. The highest BCUT2D eigenvalue weighted by atomic mass is 35.5. The van der Waals surface area contributed by atoms with E-state index in [4.69, 9.17) is 11.6 Å². The van der Waals surface area contributed by atoms with Crippen LogP contribution in [0.1, 0.15) is 23.6 Å². The first kappa shape index (κ1) is 15.1. The number of para-hydroxylation sites is 1. The lowest BCUT2D eigenvalue weighted by atomic mass is 10.2. The molecule has 3 nitrogen and oxygen atoms in total. The summed E-state index contributed by atoms with van der Waals surface area (Å²) < 4.78 is 0. The molecule has 0 fully saturated rings. The Kier molecular flexibility index (Phi) is 4.50. The molecule has 1 heterocycles. The van der Waals surface area contributed by atoms with Crippen LogP contribution in [0.5, 0.6) is 0 Å². The highest BCUT2D eigenvalue weighted by Gasteiger charge is 2.11. The van der Waals surface area contributed by atoms with Crippen LogP contribution in [0.25, 0.3) is 10.9 Å². The van der Waals surface area contributed by atoms with Gasteiger partial charge in [-0.25, -0.2) is 4.98 Å². The molecule has 3 rings (SSSR count). The number of halogens is 1. The molecule has 0 saturated carbocycles. The Morgan fingerprint density at radius 1 is 1.23 bits per heavy atom. The second kappa shape index (κ2) is 6.55. The van der Waals surface area contributed by atoms with Gasteiger partial charge in [0.2, 0.25) is 0 Å². The fourth-order valence-corrected chi connectivity index (χ4v) is 3.33. The van der Waals surface area contributed by atoms with Crippen LogP contribution >= 0.6 is 23.4 Å². The van der Waals surface area contributed by atoms with Gasteiger partial charge in [0.25, 0.3) is 5.56 Å². The number of nitrogens with zero attached hydrogens (tertiary/aromatic N) is 1. The first-order valence-electron chi connectivity index (χ1n) is 6.98. The van der Waals surface area contributed by atoms with Crippen molar-refractivity contribution in [2.45, 2.75) is 17.9 Å². The number of aromatic nitrogens is 2. The molecule has 112 valence electrons. The van der Waals surface area contributed by atoms with Crippen LogP contribution in [0.4, 0.5) is 0 Å². The molecule has 0 aliphatic rings. The van der Waals surface area contributed by atoms with Crippen molar-refractivity contribution in [2.75, 3.05) is 0 Å². The average Bonchev–Trinajstić information content (AvgIpc) is 2.52. The third-order valence-electron chi connectivity index (χ3n) is 3.41. The fraction of sp³-hybridized carbons (Fsp3) is 0.176. The van der Waals surface area contributed by atoms with E-state index in [9.17, 15) is 4.79 Å². The van der Waals surface area contributed by atoms with E-state index in [1.54, 1.807) is 17.8 Å². The normalized spacial score (nSPS) is 12.5. The lowest BCUT2D eigenvalue weighted by Gasteiger charge is -2.11. The summed E-state index contributed by atoms with van der Waals surface area (Å²) in [7, 11) is 0. The number of aromatic amines is 1. The molecule has 0 amide bonds. The maximum atomic E-state index is 12.1. The van der Waals surface area contributed by atoms with Gasteiger partial charge >= 0.3 is 0 Å². The summed E-state index contributed by atoms with van der Waals surface area (Å²) in [6.07, 6.45) is 0. The monoisotopic (exact) mass is 330 g/mol. The fourth-order valence-electron chi connectivity index (χ4n) is 2.22. The van der Waals surface area contributed by atoms with Crippen LogP contribution in [0, 0.1) is 0 Å². The van der Waals surface area contributed by atoms with E-state index in [2.05, 4.69) is 9.97 Å². The molecular formula is C17H15ClN2OS. The van der Waals surface area contributed by atoms with Gasteiger partial charge in [-0.3, -0.25) is 4.79 Å². The van der Waals surface area contributed by atoms with Gasteiger partial charge in [0.15, 0.2) is 0 Å². The number of hydrogen-bond acceptors (Lipinski definition) is 3. The number of hydrogen-bond donors (Lipinski definition) is 1. The molecule has 0 radical (unpaired) electrons. The average molecular weight is 331 g/mol. The summed E-state index contributed by atoms with van der Waals surface area (Å²) in [4.78, 5) is 19.5. The Labute approximate surface area is 137 Å². The van der Waals surface area contributed by atoms with Crippen LogP contribution in [0.15, 0.2) is 53.3 Å². The molecule has 0 spiro atoms.